The lowest BCUT2D eigenvalue weighted by Crippen LogP contribution is -2.11. The first-order valence-electron chi connectivity index (χ1n) is 6.06. The zero-order valence-corrected chi connectivity index (χ0v) is 11.6. The fourth-order valence-corrected chi connectivity index (χ4v) is 2.10. The molecule has 2 heterocycles. The molecule has 21 heavy (non-hydrogen) atoms. The standard InChI is InChI=1S/C12H10ClN5O3/c1-2-21-12(20)9-16-10-11(19)15-7-3-5(13)6(14)4-8(7)18(10)17-9/h3-4H,2,14H2,1H3,(H,15,19). The van der Waals surface area contributed by atoms with Crippen molar-refractivity contribution in [1.29, 1.82) is 0 Å². The maximum Gasteiger partial charge on any atom is 0.378 e. The molecule has 0 fully saturated rings. The van der Waals surface area contributed by atoms with Crippen LogP contribution in [0.5, 0.6) is 0 Å². The Labute approximate surface area is 122 Å². The Kier molecular flexibility index (Phi) is 3.02. The molecule has 2 aromatic heterocycles. The van der Waals surface area contributed by atoms with Crippen LogP contribution in [0.15, 0.2) is 16.9 Å². The highest BCUT2D eigenvalue weighted by Crippen LogP contribution is 2.24. The van der Waals surface area contributed by atoms with Gasteiger partial charge >= 0.3 is 5.97 Å². The Morgan fingerprint density at radius 3 is 3.00 bits per heavy atom. The van der Waals surface area contributed by atoms with Gasteiger partial charge in [0.05, 0.1) is 28.4 Å². The average molecular weight is 308 g/mol. The van der Waals surface area contributed by atoms with Crippen LogP contribution < -0.4 is 11.3 Å². The van der Waals surface area contributed by atoms with Crippen LogP contribution in [0.3, 0.4) is 0 Å². The fraction of sp³-hybridized carbons (Fsp3) is 0.167. The molecular formula is C12H10ClN5O3. The largest absolute Gasteiger partial charge is 0.460 e. The van der Waals surface area contributed by atoms with E-state index in [0.717, 1.165) is 0 Å². The maximum absolute atomic E-state index is 12.0. The van der Waals surface area contributed by atoms with E-state index in [2.05, 4.69) is 15.1 Å². The Morgan fingerprint density at radius 1 is 1.52 bits per heavy atom. The summed E-state index contributed by atoms with van der Waals surface area (Å²) < 4.78 is 6.06. The summed E-state index contributed by atoms with van der Waals surface area (Å²) in [5.74, 6) is -0.890. The topological polar surface area (TPSA) is 115 Å². The van der Waals surface area contributed by atoms with Crippen molar-refractivity contribution in [2.24, 2.45) is 0 Å². The number of ether oxygens (including phenoxy) is 1. The van der Waals surface area contributed by atoms with Crippen molar-refractivity contribution in [3.8, 4) is 0 Å². The van der Waals surface area contributed by atoms with Gasteiger partial charge in [-0.2, -0.15) is 4.98 Å². The van der Waals surface area contributed by atoms with Crippen molar-refractivity contribution in [1.82, 2.24) is 19.6 Å². The van der Waals surface area contributed by atoms with E-state index in [1.807, 2.05) is 0 Å². The van der Waals surface area contributed by atoms with E-state index in [4.69, 9.17) is 22.1 Å². The van der Waals surface area contributed by atoms with E-state index in [0.29, 0.717) is 21.7 Å². The quantitative estimate of drug-likeness (QED) is 0.538. The molecule has 3 rings (SSSR count). The van der Waals surface area contributed by atoms with Gasteiger partial charge in [-0.05, 0) is 19.1 Å². The molecule has 0 saturated heterocycles. The van der Waals surface area contributed by atoms with Gasteiger partial charge in [-0.25, -0.2) is 9.31 Å². The summed E-state index contributed by atoms with van der Waals surface area (Å²) in [4.78, 5) is 30.1. The molecule has 0 aliphatic carbocycles. The van der Waals surface area contributed by atoms with Gasteiger partial charge in [-0.15, -0.1) is 5.10 Å². The molecule has 0 bridgehead atoms. The van der Waals surface area contributed by atoms with Gasteiger partial charge < -0.3 is 15.5 Å². The number of halogens is 1. The number of hydrogen-bond donors (Lipinski definition) is 2. The minimum absolute atomic E-state index is 0.0210. The van der Waals surface area contributed by atoms with Gasteiger partial charge in [0.25, 0.3) is 11.4 Å². The Bertz CT molecular complexity index is 930. The number of rotatable bonds is 2. The number of carbonyl (C=O) groups excluding carboxylic acids is 1. The summed E-state index contributed by atoms with van der Waals surface area (Å²) >= 11 is 5.92. The molecular weight excluding hydrogens is 298 g/mol. The van der Waals surface area contributed by atoms with Crippen LogP contribution in [0.4, 0.5) is 5.69 Å². The first kappa shape index (κ1) is 13.4. The summed E-state index contributed by atoms with van der Waals surface area (Å²) in [6.45, 7) is 1.85. The molecule has 3 aromatic rings. The monoisotopic (exact) mass is 307 g/mol. The highest BCUT2D eigenvalue weighted by molar-refractivity contribution is 6.33. The number of carbonyl (C=O) groups is 1. The van der Waals surface area contributed by atoms with Crippen LogP contribution in [0.1, 0.15) is 17.5 Å². The number of nitrogens with two attached hydrogens (primary N) is 1. The lowest BCUT2D eigenvalue weighted by molar-refractivity contribution is 0.0512. The molecule has 9 heteroatoms. The van der Waals surface area contributed by atoms with Crippen LogP contribution in [-0.4, -0.2) is 32.2 Å². The third-order valence-corrected chi connectivity index (χ3v) is 3.19. The van der Waals surface area contributed by atoms with Crippen molar-refractivity contribution < 1.29 is 9.53 Å². The van der Waals surface area contributed by atoms with Crippen LogP contribution in [0.2, 0.25) is 5.02 Å². The highest BCUT2D eigenvalue weighted by atomic mass is 35.5. The molecule has 0 radical (unpaired) electrons. The molecule has 0 amide bonds. The number of nitrogen functional groups attached to an aromatic ring is 1. The molecule has 3 N–H and O–H groups in total. The second-order valence-corrected chi connectivity index (χ2v) is 4.64. The van der Waals surface area contributed by atoms with Gasteiger partial charge in [0.15, 0.2) is 0 Å². The first-order chi connectivity index (χ1) is 10.0. The summed E-state index contributed by atoms with van der Waals surface area (Å²) in [5, 5.41) is 4.31. The Hall–Kier alpha value is -2.61. The molecule has 0 saturated carbocycles. The second kappa shape index (κ2) is 4.74. The summed E-state index contributed by atoms with van der Waals surface area (Å²) in [6, 6.07) is 3.06. The lowest BCUT2D eigenvalue weighted by Gasteiger charge is -2.03. The maximum atomic E-state index is 12.0. The van der Waals surface area contributed by atoms with Crippen molar-refractivity contribution >= 4 is 39.9 Å². The second-order valence-electron chi connectivity index (χ2n) is 4.24. The minimum atomic E-state index is -0.698. The molecule has 0 aliphatic heterocycles. The summed E-state index contributed by atoms with van der Waals surface area (Å²) in [5.41, 5.74) is 6.48. The SMILES string of the molecule is CCOC(=O)c1nc2c(=O)[nH]c3cc(Cl)c(N)cc3n2n1. The fourth-order valence-electron chi connectivity index (χ4n) is 1.94. The first-order valence-corrected chi connectivity index (χ1v) is 6.44. The van der Waals surface area contributed by atoms with Crippen LogP contribution in [0, 0.1) is 0 Å². The zero-order chi connectivity index (χ0) is 15.1. The molecule has 0 spiro atoms. The van der Waals surface area contributed by atoms with E-state index in [9.17, 15) is 9.59 Å². The van der Waals surface area contributed by atoms with Gasteiger partial charge in [0.2, 0.25) is 5.65 Å². The number of nitrogens with one attached hydrogen (secondary N) is 1. The van der Waals surface area contributed by atoms with E-state index in [-0.39, 0.29) is 18.1 Å². The summed E-state index contributed by atoms with van der Waals surface area (Å²) in [6.07, 6.45) is 0. The number of nitrogens with zero attached hydrogens (tertiary/aromatic N) is 3. The van der Waals surface area contributed by atoms with E-state index >= 15 is 0 Å². The van der Waals surface area contributed by atoms with E-state index in [1.54, 1.807) is 13.0 Å². The van der Waals surface area contributed by atoms with Gasteiger partial charge in [-0.1, -0.05) is 11.6 Å². The molecule has 0 aliphatic rings. The molecule has 1 aromatic carbocycles. The molecule has 0 unspecified atom stereocenters. The zero-order valence-electron chi connectivity index (χ0n) is 10.9. The number of esters is 1. The minimum Gasteiger partial charge on any atom is -0.460 e. The number of H-pyrrole nitrogens is 1. The average Bonchev–Trinajstić information content (AvgIpc) is 2.88. The Balaban J connectivity index is 2.35. The number of hydrogen-bond acceptors (Lipinski definition) is 6. The van der Waals surface area contributed by atoms with Crippen LogP contribution in [-0.2, 0) is 4.74 Å². The summed E-state index contributed by atoms with van der Waals surface area (Å²) in [7, 11) is 0. The number of benzene rings is 1. The normalized spacial score (nSPS) is 11.1. The van der Waals surface area contributed by atoms with E-state index in [1.165, 1.54) is 10.6 Å². The third kappa shape index (κ3) is 2.09. The number of anilines is 1. The van der Waals surface area contributed by atoms with Crippen molar-refractivity contribution in [2.75, 3.05) is 12.3 Å². The van der Waals surface area contributed by atoms with Crippen molar-refractivity contribution in [3.05, 3.63) is 33.3 Å². The predicted molar refractivity (Wildman–Crippen MR) is 76.5 cm³/mol. The van der Waals surface area contributed by atoms with Gasteiger partial charge in [0.1, 0.15) is 0 Å². The molecule has 0 atom stereocenters. The Morgan fingerprint density at radius 2 is 2.29 bits per heavy atom. The smallest absolute Gasteiger partial charge is 0.378 e. The molecule has 8 nitrogen and oxygen atoms in total. The molecule has 108 valence electrons. The number of aromatic nitrogens is 4. The van der Waals surface area contributed by atoms with E-state index < -0.39 is 11.5 Å². The lowest BCUT2D eigenvalue weighted by atomic mass is 10.2. The van der Waals surface area contributed by atoms with Crippen molar-refractivity contribution in [3.63, 3.8) is 0 Å². The predicted octanol–water partition coefficient (Wildman–Crippen LogP) is 0.983. The van der Waals surface area contributed by atoms with Crippen LogP contribution in [0.25, 0.3) is 16.7 Å². The van der Waals surface area contributed by atoms with Gasteiger partial charge in [-0.3, -0.25) is 4.79 Å². The highest BCUT2D eigenvalue weighted by Gasteiger charge is 2.18. The van der Waals surface area contributed by atoms with Gasteiger partial charge in [0, 0.05) is 0 Å². The number of aromatic amines is 1. The third-order valence-electron chi connectivity index (χ3n) is 2.86. The number of fused-ring (bicyclic) bond motifs is 3. The van der Waals surface area contributed by atoms with Crippen molar-refractivity contribution in [2.45, 2.75) is 6.92 Å². The van der Waals surface area contributed by atoms with Crippen LogP contribution >= 0.6 is 11.6 Å².